The van der Waals surface area contributed by atoms with Gasteiger partial charge in [0.05, 0.1) is 6.04 Å². The number of fused-ring (bicyclic) bond motifs is 1. The second kappa shape index (κ2) is 5.02. The van der Waals surface area contributed by atoms with Crippen LogP contribution < -0.4 is 0 Å². The molecule has 4 heteroatoms. The molecule has 0 radical (unpaired) electrons. The first-order valence-electron chi connectivity index (χ1n) is 6.71. The van der Waals surface area contributed by atoms with Crippen molar-refractivity contribution in [2.45, 2.75) is 26.3 Å². The molecule has 20 heavy (non-hydrogen) atoms. The number of aryl methyl sites for hydroxylation is 1. The normalized spacial score (nSPS) is 17.9. The maximum atomic E-state index is 13.6. The fraction of sp³-hybridized carbons (Fsp3) is 0.312. The van der Waals surface area contributed by atoms with E-state index in [1.807, 2.05) is 11.8 Å². The molecule has 1 atom stereocenters. The van der Waals surface area contributed by atoms with E-state index >= 15 is 0 Å². The van der Waals surface area contributed by atoms with Crippen LogP contribution in [0.5, 0.6) is 0 Å². The molecule has 1 aliphatic heterocycles. The summed E-state index contributed by atoms with van der Waals surface area (Å²) in [5, 5.41) is 2.07. The van der Waals surface area contributed by atoms with Gasteiger partial charge in [0.15, 0.2) is 0 Å². The fourth-order valence-electron chi connectivity index (χ4n) is 2.68. The molecule has 0 bridgehead atoms. The minimum atomic E-state index is -0.322. The third kappa shape index (κ3) is 2.14. The molecule has 2 nitrogen and oxygen atoms in total. The van der Waals surface area contributed by atoms with Crippen molar-refractivity contribution in [1.82, 2.24) is 4.90 Å². The van der Waals surface area contributed by atoms with E-state index in [9.17, 15) is 9.18 Å². The predicted molar refractivity (Wildman–Crippen MR) is 78.6 cm³/mol. The highest BCUT2D eigenvalue weighted by atomic mass is 32.1. The van der Waals surface area contributed by atoms with Crippen LogP contribution in [-0.2, 0) is 6.42 Å². The smallest absolute Gasteiger partial charge is 0.254 e. The van der Waals surface area contributed by atoms with Crippen LogP contribution in [0.3, 0.4) is 0 Å². The first-order valence-corrected chi connectivity index (χ1v) is 7.59. The van der Waals surface area contributed by atoms with Crippen LogP contribution in [0.2, 0.25) is 0 Å². The van der Waals surface area contributed by atoms with Gasteiger partial charge in [-0.25, -0.2) is 4.39 Å². The summed E-state index contributed by atoms with van der Waals surface area (Å²) < 4.78 is 13.6. The summed E-state index contributed by atoms with van der Waals surface area (Å²) in [6.45, 7) is 4.43. The second-order valence-electron chi connectivity index (χ2n) is 5.19. The first kappa shape index (κ1) is 13.3. The van der Waals surface area contributed by atoms with E-state index < -0.39 is 0 Å². The third-order valence-electron chi connectivity index (χ3n) is 3.96. The highest BCUT2D eigenvalue weighted by Crippen LogP contribution is 2.33. The van der Waals surface area contributed by atoms with Crippen molar-refractivity contribution in [2.24, 2.45) is 0 Å². The Hall–Kier alpha value is -1.68. The number of nitrogens with zero attached hydrogens (tertiary/aromatic N) is 1. The summed E-state index contributed by atoms with van der Waals surface area (Å²) >= 11 is 1.75. The van der Waals surface area contributed by atoms with Crippen molar-refractivity contribution in [1.29, 1.82) is 0 Å². The van der Waals surface area contributed by atoms with Gasteiger partial charge < -0.3 is 4.90 Å². The molecule has 0 saturated carbocycles. The number of rotatable bonds is 1. The molecule has 0 unspecified atom stereocenters. The molecule has 0 aliphatic carbocycles. The van der Waals surface area contributed by atoms with Gasteiger partial charge in [0, 0.05) is 17.0 Å². The Bertz CT molecular complexity index is 664. The Labute approximate surface area is 121 Å². The van der Waals surface area contributed by atoms with Gasteiger partial charge in [-0.2, -0.15) is 0 Å². The number of halogens is 1. The fourth-order valence-corrected chi connectivity index (χ4v) is 3.64. The van der Waals surface area contributed by atoms with Gasteiger partial charge in [0.2, 0.25) is 0 Å². The first-order chi connectivity index (χ1) is 9.58. The highest BCUT2D eigenvalue weighted by molar-refractivity contribution is 7.10. The minimum absolute atomic E-state index is 0.0573. The number of carbonyl (C=O) groups excluding carboxylic acids is 1. The number of thiophene rings is 1. The van der Waals surface area contributed by atoms with Gasteiger partial charge >= 0.3 is 0 Å². The van der Waals surface area contributed by atoms with E-state index in [4.69, 9.17) is 0 Å². The molecule has 0 spiro atoms. The minimum Gasteiger partial charge on any atom is -0.331 e. The molecule has 104 valence electrons. The van der Waals surface area contributed by atoms with E-state index in [-0.39, 0.29) is 17.8 Å². The van der Waals surface area contributed by atoms with E-state index in [2.05, 4.69) is 11.4 Å². The SMILES string of the molecule is Cc1ccc(C(=O)N2CCc3sccc3[C@@H]2C)cc1F. The summed E-state index contributed by atoms with van der Waals surface area (Å²) in [6.07, 6.45) is 0.886. The lowest BCUT2D eigenvalue weighted by Crippen LogP contribution is -2.38. The molecule has 1 aromatic heterocycles. The Morgan fingerprint density at radius 2 is 2.20 bits per heavy atom. The Morgan fingerprint density at radius 1 is 1.40 bits per heavy atom. The average molecular weight is 289 g/mol. The van der Waals surface area contributed by atoms with Crippen molar-refractivity contribution in [2.75, 3.05) is 6.54 Å². The maximum absolute atomic E-state index is 13.6. The quantitative estimate of drug-likeness (QED) is 0.778. The van der Waals surface area contributed by atoms with Crippen LogP contribution in [0.4, 0.5) is 4.39 Å². The zero-order valence-corrected chi connectivity index (χ0v) is 12.3. The van der Waals surface area contributed by atoms with Crippen molar-refractivity contribution in [3.05, 3.63) is 57.0 Å². The van der Waals surface area contributed by atoms with Crippen molar-refractivity contribution in [3.8, 4) is 0 Å². The number of hydrogen-bond acceptors (Lipinski definition) is 2. The largest absolute Gasteiger partial charge is 0.331 e. The van der Waals surface area contributed by atoms with E-state index in [0.29, 0.717) is 17.7 Å². The average Bonchev–Trinajstić information content (AvgIpc) is 2.91. The van der Waals surface area contributed by atoms with E-state index in [0.717, 1.165) is 6.42 Å². The molecule has 0 saturated heterocycles. The zero-order chi connectivity index (χ0) is 14.3. The third-order valence-corrected chi connectivity index (χ3v) is 4.95. The van der Waals surface area contributed by atoms with Crippen LogP contribution >= 0.6 is 11.3 Å². The summed E-state index contributed by atoms with van der Waals surface area (Å²) in [6, 6.07) is 6.85. The van der Waals surface area contributed by atoms with Gasteiger partial charge in [-0.05, 0) is 55.0 Å². The second-order valence-corrected chi connectivity index (χ2v) is 6.19. The van der Waals surface area contributed by atoms with Gasteiger partial charge in [-0.15, -0.1) is 11.3 Å². The lowest BCUT2D eigenvalue weighted by Gasteiger charge is -2.33. The maximum Gasteiger partial charge on any atom is 0.254 e. The van der Waals surface area contributed by atoms with Crippen molar-refractivity contribution < 1.29 is 9.18 Å². The molecule has 1 amide bonds. The molecule has 1 aliphatic rings. The Kier molecular flexibility index (Phi) is 3.34. The van der Waals surface area contributed by atoms with Crippen LogP contribution in [-0.4, -0.2) is 17.4 Å². The molecule has 1 aromatic carbocycles. The zero-order valence-electron chi connectivity index (χ0n) is 11.5. The Morgan fingerprint density at radius 3 is 2.95 bits per heavy atom. The standard InChI is InChI=1S/C16H16FNOS/c1-10-3-4-12(9-14(10)17)16(19)18-7-5-15-13(11(18)2)6-8-20-15/h3-4,6,8-9,11H,5,7H2,1-2H3/t11-/m0/s1. The molecular formula is C16H16FNOS. The van der Waals surface area contributed by atoms with Crippen molar-refractivity contribution in [3.63, 3.8) is 0 Å². The molecule has 2 heterocycles. The Balaban J connectivity index is 1.90. The number of carbonyl (C=O) groups is 1. The summed E-state index contributed by atoms with van der Waals surface area (Å²) in [5.74, 6) is -0.412. The molecule has 0 fully saturated rings. The van der Waals surface area contributed by atoms with Crippen molar-refractivity contribution >= 4 is 17.2 Å². The number of hydrogen-bond donors (Lipinski definition) is 0. The lowest BCUT2D eigenvalue weighted by molar-refractivity contribution is 0.0679. The summed E-state index contributed by atoms with van der Waals surface area (Å²) in [5.41, 5.74) is 2.22. The molecule has 3 rings (SSSR count). The lowest BCUT2D eigenvalue weighted by atomic mass is 10.00. The highest BCUT2D eigenvalue weighted by Gasteiger charge is 2.29. The van der Waals surface area contributed by atoms with Crippen LogP contribution in [0.15, 0.2) is 29.6 Å². The predicted octanol–water partition coefficient (Wildman–Crippen LogP) is 3.96. The molecule has 0 N–H and O–H groups in total. The summed E-state index contributed by atoms with van der Waals surface area (Å²) in [7, 11) is 0. The topological polar surface area (TPSA) is 20.3 Å². The van der Waals surface area contributed by atoms with Gasteiger partial charge in [0.1, 0.15) is 5.82 Å². The molecule has 2 aromatic rings. The number of amides is 1. The monoisotopic (exact) mass is 289 g/mol. The van der Waals surface area contributed by atoms with Gasteiger partial charge in [-0.1, -0.05) is 6.07 Å². The van der Waals surface area contributed by atoms with Crippen LogP contribution in [0.1, 0.15) is 39.3 Å². The van der Waals surface area contributed by atoms with Gasteiger partial charge in [-0.3, -0.25) is 4.79 Å². The van der Waals surface area contributed by atoms with E-state index in [1.165, 1.54) is 16.5 Å². The van der Waals surface area contributed by atoms with E-state index in [1.54, 1.807) is 30.4 Å². The number of benzene rings is 1. The summed E-state index contributed by atoms with van der Waals surface area (Å²) in [4.78, 5) is 15.8. The van der Waals surface area contributed by atoms with Gasteiger partial charge in [0.25, 0.3) is 5.91 Å². The molecular weight excluding hydrogens is 273 g/mol. The van der Waals surface area contributed by atoms with Crippen LogP contribution in [0.25, 0.3) is 0 Å². The van der Waals surface area contributed by atoms with Crippen LogP contribution in [0, 0.1) is 12.7 Å².